The molecule has 1 aliphatic rings. The largest absolute Gasteiger partial charge is 0.310 e. The number of hydrogen-bond donors (Lipinski definition) is 1. The smallest absolute Gasteiger partial charge is 0.0560 e. The van der Waals surface area contributed by atoms with E-state index in [2.05, 4.69) is 38.1 Å². The number of nitrogens with one attached hydrogen (secondary N) is 1. The molecular weight excluding hydrogens is 234 g/mol. The summed E-state index contributed by atoms with van der Waals surface area (Å²) >= 11 is 0. The Morgan fingerprint density at radius 1 is 1.26 bits per heavy atom. The molecule has 1 aromatic rings. The minimum Gasteiger partial charge on any atom is -0.310 e. The van der Waals surface area contributed by atoms with Gasteiger partial charge in [0.05, 0.1) is 6.54 Å². The summed E-state index contributed by atoms with van der Waals surface area (Å²) in [6, 6.07) is 3.18. The molecule has 0 radical (unpaired) electrons. The van der Waals surface area contributed by atoms with E-state index in [1.54, 1.807) is 0 Å². The van der Waals surface area contributed by atoms with E-state index in [1.165, 1.54) is 25.7 Å². The monoisotopic (exact) mass is 263 g/mol. The first-order valence-electron chi connectivity index (χ1n) is 7.68. The molecule has 1 unspecified atom stereocenters. The minimum absolute atomic E-state index is 0.478. The van der Waals surface area contributed by atoms with E-state index < -0.39 is 0 Å². The summed E-state index contributed by atoms with van der Waals surface area (Å²) in [6.45, 7) is 10.4. The van der Waals surface area contributed by atoms with Crippen LogP contribution in [0.5, 0.6) is 0 Å². The van der Waals surface area contributed by atoms with Crippen molar-refractivity contribution >= 4 is 0 Å². The Bertz CT molecular complexity index is 356. The van der Waals surface area contributed by atoms with Crippen molar-refractivity contribution in [3.05, 3.63) is 18.5 Å². The van der Waals surface area contributed by atoms with Crippen LogP contribution in [-0.4, -0.2) is 21.9 Å². The molecule has 1 N–H and O–H groups in total. The van der Waals surface area contributed by atoms with E-state index in [4.69, 9.17) is 0 Å². The molecule has 1 aliphatic carbocycles. The van der Waals surface area contributed by atoms with E-state index in [0.29, 0.717) is 17.5 Å². The Morgan fingerprint density at radius 2 is 1.95 bits per heavy atom. The molecule has 0 aliphatic heterocycles. The highest BCUT2D eigenvalue weighted by Gasteiger charge is 2.29. The first-order valence-corrected chi connectivity index (χ1v) is 7.68. The molecule has 19 heavy (non-hydrogen) atoms. The lowest BCUT2D eigenvalue weighted by Crippen LogP contribution is -2.42. The quantitative estimate of drug-likeness (QED) is 0.901. The lowest BCUT2D eigenvalue weighted by molar-refractivity contribution is 0.155. The lowest BCUT2D eigenvalue weighted by atomic mass is 9.71. The van der Waals surface area contributed by atoms with Crippen LogP contribution in [0, 0.1) is 11.3 Å². The Labute approximate surface area is 117 Å². The molecule has 3 heteroatoms. The second-order valence-electron chi connectivity index (χ2n) is 7.21. The maximum atomic E-state index is 4.27. The normalized spacial score (nSPS) is 26.3. The van der Waals surface area contributed by atoms with Crippen LogP contribution in [-0.2, 0) is 6.54 Å². The van der Waals surface area contributed by atoms with E-state index in [-0.39, 0.29) is 0 Å². The van der Waals surface area contributed by atoms with E-state index >= 15 is 0 Å². The first kappa shape index (κ1) is 14.6. The third kappa shape index (κ3) is 4.34. The molecule has 0 saturated heterocycles. The number of hydrogen-bond acceptors (Lipinski definition) is 2. The van der Waals surface area contributed by atoms with Gasteiger partial charge >= 0.3 is 0 Å². The molecule has 108 valence electrons. The lowest BCUT2D eigenvalue weighted by Gasteiger charge is -2.38. The van der Waals surface area contributed by atoms with Gasteiger partial charge in [-0.05, 0) is 50.0 Å². The molecule has 1 aromatic heterocycles. The van der Waals surface area contributed by atoms with Gasteiger partial charge in [-0.1, -0.05) is 20.8 Å². The summed E-state index contributed by atoms with van der Waals surface area (Å²) in [6.07, 6.45) is 9.28. The van der Waals surface area contributed by atoms with Gasteiger partial charge in [-0.3, -0.25) is 4.68 Å². The molecule has 0 bridgehead atoms. The van der Waals surface area contributed by atoms with Gasteiger partial charge in [0.15, 0.2) is 0 Å². The summed E-state index contributed by atoms with van der Waals surface area (Å²) in [5, 5.41) is 8.04. The summed E-state index contributed by atoms with van der Waals surface area (Å²) in [5.74, 6) is 0.895. The number of rotatable bonds is 4. The van der Waals surface area contributed by atoms with Crippen LogP contribution < -0.4 is 5.32 Å². The van der Waals surface area contributed by atoms with E-state index in [9.17, 15) is 0 Å². The number of nitrogens with zero attached hydrogens (tertiary/aromatic N) is 2. The molecule has 0 aromatic carbocycles. The molecule has 1 atom stereocenters. The fourth-order valence-electron chi connectivity index (χ4n) is 3.27. The maximum Gasteiger partial charge on any atom is 0.0560 e. The fourth-order valence-corrected chi connectivity index (χ4v) is 3.27. The van der Waals surface area contributed by atoms with Gasteiger partial charge < -0.3 is 5.32 Å². The predicted octanol–water partition coefficient (Wildman–Crippen LogP) is 3.47. The van der Waals surface area contributed by atoms with Gasteiger partial charge in [-0.2, -0.15) is 5.10 Å². The highest BCUT2D eigenvalue weighted by Crippen LogP contribution is 2.37. The van der Waals surface area contributed by atoms with Gasteiger partial charge in [0.2, 0.25) is 0 Å². The zero-order chi connectivity index (χ0) is 13.9. The van der Waals surface area contributed by atoms with Crippen molar-refractivity contribution in [3.8, 4) is 0 Å². The summed E-state index contributed by atoms with van der Waals surface area (Å²) in [7, 11) is 0. The van der Waals surface area contributed by atoms with Crippen LogP contribution in [0.25, 0.3) is 0 Å². The zero-order valence-electron chi connectivity index (χ0n) is 12.9. The Hall–Kier alpha value is -0.830. The highest BCUT2D eigenvalue weighted by atomic mass is 15.3. The van der Waals surface area contributed by atoms with Crippen LogP contribution in [0.2, 0.25) is 0 Å². The van der Waals surface area contributed by atoms with Crippen molar-refractivity contribution < 1.29 is 0 Å². The van der Waals surface area contributed by atoms with Crippen LogP contribution in [0.1, 0.15) is 53.4 Å². The average molecular weight is 263 g/mol. The van der Waals surface area contributed by atoms with Crippen LogP contribution in [0.3, 0.4) is 0 Å². The van der Waals surface area contributed by atoms with Crippen LogP contribution >= 0.6 is 0 Å². The van der Waals surface area contributed by atoms with Gasteiger partial charge in [-0.15, -0.1) is 0 Å². The highest BCUT2D eigenvalue weighted by molar-refractivity contribution is 4.85. The van der Waals surface area contributed by atoms with E-state index in [0.717, 1.165) is 12.5 Å². The molecule has 1 fully saturated rings. The van der Waals surface area contributed by atoms with Gasteiger partial charge in [0.1, 0.15) is 0 Å². The molecule has 1 heterocycles. The van der Waals surface area contributed by atoms with E-state index in [1.807, 2.05) is 23.1 Å². The standard InChI is InChI=1S/C16H29N3/c1-13(12-19-11-5-10-17-19)18-15-8-6-14(7-9-15)16(2,3)4/h5,10-11,13-15,18H,6-9,12H2,1-4H3. The number of aromatic nitrogens is 2. The summed E-state index contributed by atoms with van der Waals surface area (Å²) in [5.41, 5.74) is 0.478. The summed E-state index contributed by atoms with van der Waals surface area (Å²) in [4.78, 5) is 0. The van der Waals surface area contributed by atoms with Crippen LogP contribution in [0.4, 0.5) is 0 Å². The van der Waals surface area contributed by atoms with Gasteiger partial charge in [-0.25, -0.2) is 0 Å². The second-order valence-corrected chi connectivity index (χ2v) is 7.21. The predicted molar refractivity (Wildman–Crippen MR) is 80.0 cm³/mol. The minimum atomic E-state index is 0.478. The molecule has 2 rings (SSSR count). The molecule has 0 amide bonds. The maximum absolute atomic E-state index is 4.27. The Balaban J connectivity index is 1.73. The summed E-state index contributed by atoms with van der Waals surface area (Å²) < 4.78 is 2.01. The first-order chi connectivity index (χ1) is 8.95. The molecule has 0 spiro atoms. The van der Waals surface area contributed by atoms with Crippen molar-refractivity contribution in [1.29, 1.82) is 0 Å². The van der Waals surface area contributed by atoms with Gasteiger partial charge in [0, 0.05) is 24.5 Å². The average Bonchev–Trinajstić information content (AvgIpc) is 2.81. The van der Waals surface area contributed by atoms with Crippen molar-refractivity contribution in [2.75, 3.05) is 0 Å². The SMILES string of the molecule is CC(Cn1cccn1)NC1CCC(C(C)(C)C)CC1. The van der Waals surface area contributed by atoms with Crippen LogP contribution in [0.15, 0.2) is 18.5 Å². The van der Waals surface area contributed by atoms with Crippen molar-refractivity contribution in [1.82, 2.24) is 15.1 Å². The van der Waals surface area contributed by atoms with Crippen molar-refractivity contribution in [3.63, 3.8) is 0 Å². The Morgan fingerprint density at radius 3 is 2.47 bits per heavy atom. The third-order valence-corrected chi connectivity index (χ3v) is 4.49. The fraction of sp³-hybridized carbons (Fsp3) is 0.812. The zero-order valence-corrected chi connectivity index (χ0v) is 12.9. The van der Waals surface area contributed by atoms with Gasteiger partial charge in [0.25, 0.3) is 0 Å². The molecular formula is C16H29N3. The van der Waals surface area contributed by atoms with Crippen molar-refractivity contribution in [2.45, 2.75) is 72.0 Å². The molecule has 3 nitrogen and oxygen atoms in total. The Kier molecular flexibility index (Phi) is 4.67. The van der Waals surface area contributed by atoms with Crippen molar-refractivity contribution in [2.24, 2.45) is 11.3 Å². The molecule has 1 saturated carbocycles. The third-order valence-electron chi connectivity index (χ3n) is 4.49. The topological polar surface area (TPSA) is 29.9 Å². The second kappa shape index (κ2) is 6.08.